The van der Waals surface area contributed by atoms with E-state index in [1.807, 2.05) is 57.2 Å². The molecule has 2 aromatic carbocycles. The van der Waals surface area contributed by atoms with Gasteiger partial charge in [-0.15, -0.1) is 0 Å². The molecule has 2 N–H and O–H groups in total. The number of carbonyl (C=O) groups excluding carboxylic acids is 2. The molecule has 5 nitrogen and oxygen atoms in total. The van der Waals surface area contributed by atoms with Gasteiger partial charge in [-0.1, -0.05) is 18.2 Å². The molecular formula is C24H30N2O3. The maximum atomic E-state index is 12.7. The van der Waals surface area contributed by atoms with E-state index in [0.29, 0.717) is 24.3 Å². The lowest BCUT2D eigenvalue weighted by Crippen LogP contribution is -2.32. The van der Waals surface area contributed by atoms with Crippen molar-refractivity contribution in [2.45, 2.75) is 46.5 Å². The zero-order chi connectivity index (χ0) is 21.0. The van der Waals surface area contributed by atoms with Crippen LogP contribution in [0.25, 0.3) is 0 Å². The Morgan fingerprint density at radius 3 is 1.83 bits per heavy atom. The van der Waals surface area contributed by atoms with Crippen LogP contribution in [-0.4, -0.2) is 18.9 Å². The summed E-state index contributed by atoms with van der Waals surface area (Å²) in [6.45, 7) is 5.99. The largest absolute Gasteiger partial charge is 0.495 e. The Kier molecular flexibility index (Phi) is 6.57. The van der Waals surface area contributed by atoms with Crippen LogP contribution in [0.2, 0.25) is 0 Å². The highest BCUT2D eigenvalue weighted by atomic mass is 16.5. The molecule has 0 heterocycles. The van der Waals surface area contributed by atoms with Gasteiger partial charge in [0, 0.05) is 17.5 Å². The second-order valence-corrected chi connectivity index (χ2v) is 8.05. The lowest BCUT2D eigenvalue weighted by Gasteiger charge is -2.27. The minimum absolute atomic E-state index is 0.00212. The Morgan fingerprint density at radius 1 is 0.793 bits per heavy atom. The van der Waals surface area contributed by atoms with Crippen LogP contribution in [0.1, 0.15) is 42.4 Å². The number of ether oxygens (including phenoxy) is 1. The molecule has 5 heteroatoms. The average Bonchev–Trinajstić information content (AvgIpc) is 2.71. The minimum Gasteiger partial charge on any atom is -0.495 e. The van der Waals surface area contributed by atoms with Gasteiger partial charge in [-0.2, -0.15) is 0 Å². The van der Waals surface area contributed by atoms with Crippen molar-refractivity contribution in [3.05, 3.63) is 53.1 Å². The Bertz CT molecular complexity index is 899. The standard InChI is InChI=1S/C24H30N2O3/c1-15-5-7-17(3)20(13-15)25-23(27)18-8-10-19(11-9-18)24(28)26-21-14-16(2)6-12-22(21)29-4/h5-7,12-14,18-19H,8-11H2,1-4H3,(H,25,27)(H,26,28). The van der Waals surface area contributed by atoms with Gasteiger partial charge in [0.1, 0.15) is 5.75 Å². The molecule has 154 valence electrons. The normalized spacial score (nSPS) is 18.8. The third-order valence-electron chi connectivity index (χ3n) is 5.73. The monoisotopic (exact) mass is 394 g/mol. The van der Waals surface area contributed by atoms with Crippen molar-refractivity contribution >= 4 is 23.2 Å². The maximum Gasteiger partial charge on any atom is 0.227 e. The van der Waals surface area contributed by atoms with E-state index in [1.165, 1.54) is 0 Å². The first kappa shape index (κ1) is 20.9. The number of amides is 2. The Balaban J connectivity index is 1.56. The van der Waals surface area contributed by atoms with Crippen LogP contribution in [0, 0.1) is 32.6 Å². The molecule has 0 radical (unpaired) electrons. The van der Waals surface area contributed by atoms with Crippen LogP contribution >= 0.6 is 0 Å². The van der Waals surface area contributed by atoms with E-state index in [1.54, 1.807) is 7.11 Å². The first-order chi connectivity index (χ1) is 13.9. The summed E-state index contributed by atoms with van der Waals surface area (Å²) in [5, 5.41) is 6.08. The fourth-order valence-electron chi connectivity index (χ4n) is 3.88. The first-order valence-corrected chi connectivity index (χ1v) is 10.2. The summed E-state index contributed by atoms with van der Waals surface area (Å²) in [6, 6.07) is 11.8. The van der Waals surface area contributed by atoms with Crippen molar-refractivity contribution in [2.24, 2.45) is 11.8 Å². The molecule has 0 saturated heterocycles. The Morgan fingerprint density at radius 2 is 1.28 bits per heavy atom. The lowest BCUT2D eigenvalue weighted by molar-refractivity contribution is -0.125. The van der Waals surface area contributed by atoms with E-state index in [-0.39, 0.29) is 23.7 Å². The lowest BCUT2D eigenvalue weighted by atomic mass is 9.81. The van der Waals surface area contributed by atoms with Gasteiger partial charge in [0.25, 0.3) is 0 Å². The van der Waals surface area contributed by atoms with Crippen LogP contribution < -0.4 is 15.4 Å². The van der Waals surface area contributed by atoms with Crippen LogP contribution in [0.15, 0.2) is 36.4 Å². The van der Waals surface area contributed by atoms with E-state index in [4.69, 9.17) is 4.74 Å². The predicted molar refractivity (Wildman–Crippen MR) is 116 cm³/mol. The van der Waals surface area contributed by atoms with Crippen LogP contribution in [-0.2, 0) is 9.59 Å². The minimum atomic E-state index is -0.0787. The molecule has 2 amide bonds. The summed E-state index contributed by atoms with van der Waals surface area (Å²) in [7, 11) is 1.60. The zero-order valence-electron chi connectivity index (χ0n) is 17.7. The number of rotatable bonds is 5. The molecule has 0 atom stereocenters. The van der Waals surface area contributed by atoms with Gasteiger partial charge in [0.2, 0.25) is 11.8 Å². The van der Waals surface area contributed by atoms with Crippen molar-refractivity contribution in [1.82, 2.24) is 0 Å². The zero-order valence-corrected chi connectivity index (χ0v) is 17.7. The topological polar surface area (TPSA) is 67.4 Å². The summed E-state index contributed by atoms with van der Waals surface area (Å²) in [5.74, 6) is 0.586. The number of hydrogen-bond donors (Lipinski definition) is 2. The SMILES string of the molecule is COc1ccc(C)cc1NC(=O)C1CCC(C(=O)Nc2cc(C)ccc2C)CC1. The van der Waals surface area contributed by atoms with Crippen LogP contribution in [0.3, 0.4) is 0 Å². The molecule has 1 fully saturated rings. The number of aryl methyl sites for hydroxylation is 3. The van der Waals surface area contributed by atoms with Gasteiger partial charge in [0.05, 0.1) is 12.8 Å². The summed E-state index contributed by atoms with van der Waals surface area (Å²) in [5.41, 5.74) is 4.82. The molecule has 0 spiro atoms. The van der Waals surface area contributed by atoms with Crippen molar-refractivity contribution in [3.63, 3.8) is 0 Å². The van der Waals surface area contributed by atoms with Gasteiger partial charge in [-0.25, -0.2) is 0 Å². The molecule has 1 saturated carbocycles. The number of hydrogen-bond acceptors (Lipinski definition) is 3. The molecule has 2 aromatic rings. The second kappa shape index (κ2) is 9.12. The van der Waals surface area contributed by atoms with Crippen LogP contribution in [0.4, 0.5) is 11.4 Å². The van der Waals surface area contributed by atoms with Crippen LogP contribution in [0.5, 0.6) is 5.75 Å². The molecular weight excluding hydrogens is 364 g/mol. The summed E-state index contributed by atoms with van der Waals surface area (Å²) >= 11 is 0. The second-order valence-electron chi connectivity index (χ2n) is 8.05. The summed E-state index contributed by atoms with van der Waals surface area (Å²) < 4.78 is 5.34. The predicted octanol–water partition coefficient (Wildman–Crippen LogP) is 5.00. The van der Waals surface area contributed by atoms with Crippen molar-refractivity contribution in [1.29, 1.82) is 0 Å². The molecule has 1 aliphatic carbocycles. The number of carbonyl (C=O) groups is 2. The molecule has 0 aliphatic heterocycles. The molecule has 0 unspecified atom stereocenters. The maximum absolute atomic E-state index is 12.7. The fourth-order valence-corrected chi connectivity index (χ4v) is 3.88. The van der Waals surface area contributed by atoms with Gasteiger partial charge >= 0.3 is 0 Å². The van der Waals surface area contributed by atoms with Gasteiger partial charge in [-0.05, 0) is 81.3 Å². The van der Waals surface area contributed by atoms with E-state index >= 15 is 0 Å². The number of benzene rings is 2. The highest BCUT2D eigenvalue weighted by Crippen LogP contribution is 2.32. The third kappa shape index (κ3) is 5.17. The van der Waals surface area contributed by atoms with E-state index < -0.39 is 0 Å². The highest BCUT2D eigenvalue weighted by molar-refractivity contribution is 5.95. The molecule has 29 heavy (non-hydrogen) atoms. The first-order valence-electron chi connectivity index (χ1n) is 10.2. The number of anilines is 2. The summed E-state index contributed by atoms with van der Waals surface area (Å²) in [6.07, 6.45) is 2.87. The number of nitrogens with one attached hydrogen (secondary N) is 2. The summed E-state index contributed by atoms with van der Waals surface area (Å²) in [4.78, 5) is 25.4. The molecule has 1 aliphatic rings. The van der Waals surface area contributed by atoms with E-state index in [0.717, 1.165) is 35.2 Å². The van der Waals surface area contributed by atoms with Crippen molar-refractivity contribution < 1.29 is 14.3 Å². The Labute approximate surface area is 172 Å². The molecule has 3 rings (SSSR count). The average molecular weight is 395 g/mol. The smallest absolute Gasteiger partial charge is 0.227 e. The van der Waals surface area contributed by atoms with Crippen molar-refractivity contribution in [2.75, 3.05) is 17.7 Å². The number of methoxy groups -OCH3 is 1. The van der Waals surface area contributed by atoms with E-state index in [2.05, 4.69) is 10.6 Å². The van der Waals surface area contributed by atoms with Crippen molar-refractivity contribution in [3.8, 4) is 5.75 Å². The molecule has 0 bridgehead atoms. The van der Waals surface area contributed by atoms with E-state index in [9.17, 15) is 9.59 Å². The Hall–Kier alpha value is -2.82. The quantitative estimate of drug-likeness (QED) is 0.749. The third-order valence-corrected chi connectivity index (χ3v) is 5.73. The van der Waals surface area contributed by atoms with Gasteiger partial charge in [0.15, 0.2) is 0 Å². The highest BCUT2D eigenvalue weighted by Gasteiger charge is 2.30. The van der Waals surface area contributed by atoms with Gasteiger partial charge in [-0.3, -0.25) is 9.59 Å². The van der Waals surface area contributed by atoms with Gasteiger partial charge < -0.3 is 15.4 Å². The molecule has 0 aromatic heterocycles. The fraction of sp³-hybridized carbons (Fsp3) is 0.417.